The van der Waals surface area contributed by atoms with Crippen LogP contribution in [0.3, 0.4) is 0 Å². The molecular weight excluding hydrogens is 264 g/mol. The molecule has 0 radical (unpaired) electrons. The molecule has 0 aliphatic carbocycles. The fourth-order valence-corrected chi connectivity index (χ4v) is 1.98. The maximum Gasteiger partial charge on any atom is 0.152 e. The largest absolute Gasteiger partial charge is 0.508 e. The van der Waals surface area contributed by atoms with E-state index >= 15 is 0 Å². The number of aryl methyl sites for hydroxylation is 1. The first-order valence-corrected chi connectivity index (χ1v) is 6.13. The van der Waals surface area contributed by atoms with E-state index in [1.807, 2.05) is 0 Å². The van der Waals surface area contributed by atoms with Gasteiger partial charge in [-0.3, -0.25) is 0 Å². The molecule has 0 saturated heterocycles. The molecule has 1 unspecified atom stereocenters. The normalized spacial score (nSPS) is 12.2. The monoisotopic (exact) mass is 279 g/mol. The summed E-state index contributed by atoms with van der Waals surface area (Å²) in [5, 5.41) is 21.7. The molecule has 5 heteroatoms. The van der Waals surface area contributed by atoms with Crippen LogP contribution in [0.15, 0.2) is 30.3 Å². The van der Waals surface area contributed by atoms with Gasteiger partial charge in [-0.2, -0.15) is 0 Å². The number of hydrogen-bond acceptors (Lipinski definition) is 3. The van der Waals surface area contributed by atoms with Crippen molar-refractivity contribution in [3.63, 3.8) is 0 Å². The maximum atomic E-state index is 13.9. The van der Waals surface area contributed by atoms with Crippen LogP contribution in [-0.4, -0.2) is 10.2 Å². The van der Waals surface area contributed by atoms with Crippen molar-refractivity contribution in [1.29, 1.82) is 0 Å². The van der Waals surface area contributed by atoms with Crippen molar-refractivity contribution in [1.82, 2.24) is 0 Å². The minimum Gasteiger partial charge on any atom is -0.508 e. The van der Waals surface area contributed by atoms with Crippen molar-refractivity contribution < 1.29 is 19.0 Å². The topological polar surface area (TPSA) is 52.5 Å². The zero-order valence-electron chi connectivity index (χ0n) is 11.1. The van der Waals surface area contributed by atoms with Gasteiger partial charge in [-0.1, -0.05) is 6.07 Å². The van der Waals surface area contributed by atoms with E-state index in [0.717, 1.165) is 0 Å². The van der Waals surface area contributed by atoms with Gasteiger partial charge < -0.3 is 15.5 Å². The Hall–Kier alpha value is -2.30. The molecule has 0 aliphatic heterocycles. The van der Waals surface area contributed by atoms with E-state index in [0.29, 0.717) is 11.1 Å². The first-order valence-electron chi connectivity index (χ1n) is 6.13. The van der Waals surface area contributed by atoms with Gasteiger partial charge in [0.25, 0.3) is 0 Å². The summed E-state index contributed by atoms with van der Waals surface area (Å²) in [4.78, 5) is 0. The number of nitrogens with one attached hydrogen (secondary N) is 1. The van der Waals surface area contributed by atoms with E-state index < -0.39 is 17.7 Å². The summed E-state index contributed by atoms with van der Waals surface area (Å²) >= 11 is 0. The molecule has 0 amide bonds. The van der Waals surface area contributed by atoms with Gasteiger partial charge in [-0.15, -0.1) is 0 Å². The van der Waals surface area contributed by atoms with Crippen molar-refractivity contribution in [3.8, 4) is 11.5 Å². The Balaban J connectivity index is 2.32. The van der Waals surface area contributed by atoms with Crippen LogP contribution < -0.4 is 5.32 Å². The third kappa shape index (κ3) is 2.66. The number of hydrogen-bond donors (Lipinski definition) is 3. The van der Waals surface area contributed by atoms with Crippen molar-refractivity contribution in [2.24, 2.45) is 0 Å². The van der Waals surface area contributed by atoms with E-state index in [2.05, 4.69) is 5.32 Å². The molecule has 2 rings (SSSR count). The van der Waals surface area contributed by atoms with E-state index in [1.54, 1.807) is 13.8 Å². The van der Waals surface area contributed by atoms with Gasteiger partial charge in [0.1, 0.15) is 23.0 Å². The standard InChI is InChI=1S/C15H15F2NO2/c1-8-3-6-12(16)15(14(8)17)18-9(2)11-5-4-10(19)7-13(11)20/h3-7,9,18-20H,1-2H3. The lowest BCUT2D eigenvalue weighted by Crippen LogP contribution is -2.10. The zero-order valence-corrected chi connectivity index (χ0v) is 11.1. The van der Waals surface area contributed by atoms with Crippen LogP contribution in [0.5, 0.6) is 11.5 Å². The molecule has 0 heterocycles. The molecule has 3 N–H and O–H groups in total. The van der Waals surface area contributed by atoms with Crippen molar-refractivity contribution in [2.75, 3.05) is 5.32 Å². The Labute approximate surface area is 115 Å². The van der Waals surface area contributed by atoms with Crippen molar-refractivity contribution in [2.45, 2.75) is 19.9 Å². The van der Waals surface area contributed by atoms with E-state index in [4.69, 9.17) is 0 Å². The molecule has 1 atom stereocenters. The Kier molecular flexibility index (Phi) is 3.79. The van der Waals surface area contributed by atoms with Crippen LogP contribution in [0.2, 0.25) is 0 Å². The number of halogens is 2. The number of phenols is 2. The lowest BCUT2D eigenvalue weighted by Gasteiger charge is -2.18. The van der Waals surface area contributed by atoms with Gasteiger partial charge in [0.05, 0.1) is 6.04 Å². The summed E-state index contributed by atoms with van der Waals surface area (Å²) in [5.74, 6) is -1.57. The summed E-state index contributed by atoms with van der Waals surface area (Å²) in [5.41, 5.74) is 0.532. The van der Waals surface area contributed by atoms with Gasteiger partial charge in [0.15, 0.2) is 5.82 Å². The number of aromatic hydroxyl groups is 2. The number of phenolic OH excluding ortho intramolecular Hbond substituents is 2. The smallest absolute Gasteiger partial charge is 0.152 e. The molecule has 0 spiro atoms. The molecule has 0 aromatic heterocycles. The van der Waals surface area contributed by atoms with Crippen LogP contribution >= 0.6 is 0 Å². The van der Waals surface area contributed by atoms with Crippen molar-refractivity contribution >= 4 is 5.69 Å². The van der Waals surface area contributed by atoms with Gasteiger partial charge in [0.2, 0.25) is 0 Å². The predicted octanol–water partition coefficient (Wildman–Crippen LogP) is 3.86. The molecule has 0 bridgehead atoms. The first-order chi connectivity index (χ1) is 9.40. The summed E-state index contributed by atoms with van der Waals surface area (Å²) in [6, 6.07) is 6.09. The Morgan fingerprint density at radius 1 is 1.10 bits per heavy atom. The van der Waals surface area contributed by atoms with Gasteiger partial charge >= 0.3 is 0 Å². The highest BCUT2D eigenvalue weighted by Gasteiger charge is 2.16. The molecule has 2 aromatic carbocycles. The Morgan fingerprint density at radius 3 is 2.45 bits per heavy atom. The molecule has 2 aromatic rings. The van der Waals surface area contributed by atoms with E-state index in [1.165, 1.54) is 30.3 Å². The molecule has 0 aliphatic rings. The third-order valence-electron chi connectivity index (χ3n) is 3.13. The number of benzene rings is 2. The predicted molar refractivity (Wildman–Crippen MR) is 72.9 cm³/mol. The summed E-state index contributed by atoms with van der Waals surface area (Å²) in [6.07, 6.45) is 0. The summed E-state index contributed by atoms with van der Waals surface area (Å²) in [6.45, 7) is 3.20. The average Bonchev–Trinajstić information content (AvgIpc) is 2.39. The van der Waals surface area contributed by atoms with Gasteiger partial charge in [-0.05, 0) is 37.6 Å². The first kappa shape index (κ1) is 14.1. The summed E-state index contributed by atoms with van der Waals surface area (Å²) < 4.78 is 27.6. The molecule has 106 valence electrons. The lowest BCUT2D eigenvalue weighted by atomic mass is 10.1. The van der Waals surface area contributed by atoms with Gasteiger partial charge in [-0.25, -0.2) is 8.78 Å². The molecular formula is C15H15F2NO2. The Bertz CT molecular complexity index is 644. The van der Waals surface area contributed by atoms with Crippen LogP contribution in [-0.2, 0) is 0 Å². The number of anilines is 1. The molecule has 0 fully saturated rings. The van der Waals surface area contributed by atoms with E-state index in [-0.39, 0.29) is 17.2 Å². The van der Waals surface area contributed by atoms with Crippen LogP contribution in [0.1, 0.15) is 24.1 Å². The highest BCUT2D eigenvalue weighted by Crippen LogP contribution is 2.32. The fourth-order valence-electron chi connectivity index (χ4n) is 1.98. The zero-order chi connectivity index (χ0) is 14.9. The summed E-state index contributed by atoms with van der Waals surface area (Å²) in [7, 11) is 0. The highest BCUT2D eigenvalue weighted by molar-refractivity contribution is 5.52. The second-order valence-corrected chi connectivity index (χ2v) is 4.66. The molecule has 0 saturated carbocycles. The number of rotatable bonds is 3. The van der Waals surface area contributed by atoms with Crippen LogP contribution in [0.4, 0.5) is 14.5 Å². The minimum atomic E-state index is -0.696. The molecule has 20 heavy (non-hydrogen) atoms. The lowest BCUT2D eigenvalue weighted by molar-refractivity contribution is 0.444. The van der Waals surface area contributed by atoms with Crippen LogP contribution in [0, 0.1) is 18.6 Å². The fraction of sp³-hybridized carbons (Fsp3) is 0.200. The minimum absolute atomic E-state index is 0.0774. The molecule has 3 nitrogen and oxygen atoms in total. The average molecular weight is 279 g/mol. The maximum absolute atomic E-state index is 13.9. The van der Waals surface area contributed by atoms with Crippen molar-refractivity contribution in [3.05, 3.63) is 53.1 Å². The van der Waals surface area contributed by atoms with E-state index in [9.17, 15) is 19.0 Å². The van der Waals surface area contributed by atoms with Crippen LogP contribution in [0.25, 0.3) is 0 Å². The highest BCUT2D eigenvalue weighted by atomic mass is 19.1. The Morgan fingerprint density at radius 2 is 1.80 bits per heavy atom. The quantitative estimate of drug-likeness (QED) is 0.799. The second-order valence-electron chi connectivity index (χ2n) is 4.66. The third-order valence-corrected chi connectivity index (χ3v) is 3.13. The van der Waals surface area contributed by atoms with Gasteiger partial charge in [0, 0.05) is 11.6 Å². The SMILES string of the molecule is Cc1ccc(F)c(NC(C)c2ccc(O)cc2O)c1F. The second kappa shape index (κ2) is 5.36.